The number of carbonyl (C=O) groups excluding carboxylic acids is 2. The second-order valence-electron chi connectivity index (χ2n) is 6.60. The van der Waals surface area contributed by atoms with Gasteiger partial charge in [-0.25, -0.2) is 4.98 Å². The molecule has 4 rings (SSSR count). The van der Waals surface area contributed by atoms with Crippen molar-refractivity contribution in [1.82, 2.24) is 10.3 Å². The first-order valence-corrected chi connectivity index (χ1v) is 8.31. The first-order valence-electron chi connectivity index (χ1n) is 8.31. The second kappa shape index (κ2) is 6.12. The number of piperidine rings is 1. The molecule has 26 heavy (non-hydrogen) atoms. The number of alkyl halides is 1. The highest BCUT2D eigenvalue weighted by Crippen LogP contribution is 2.52. The zero-order valence-electron chi connectivity index (χ0n) is 14.1. The summed E-state index contributed by atoms with van der Waals surface area (Å²) < 4.78 is 24.0. The lowest BCUT2D eigenvalue weighted by molar-refractivity contribution is -0.121. The number of nitrogens with zero attached hydrogens (tertiary/aromatic N) is 1. The van der Waals surface area contributed by atoms with Gasteiger partial charge in [0, 0.05) is 29.3 Å². The summed E-state index contributed by atoms with van der Waals surface area (Å²) in [5.41, 5.74) is 5.65. The fourth-order valence-electron chi connectivity index (χ4n) is 3.86. The Morgan fingerprint density at radius 1 is 1.42 bits per heavy atom. The number of nitrogens with two attached hydrogens (primary N) is 1. The van der Waals surface area contributed by atoms with Crippen molar-refractivity contribution in [1.29, 1.82) is 0 Å². The fraction of sp³-hybridized carbons (Fsp3) is 0.389. The standard InChI is InChI=1S/C18H18FN3O4/c1-25-13-5-9-8(4-10(13)16(20)23)2-3-21-18(9)26-7-12-14-11(6-19)15(14)17(24)22-12/h2-5,11-12,14-15H,6-7H2,1H3,(H2,20,23)(H,22,24)/t11?,12-,14?,15-/m1/s1. The van der Waals surface area contributed by atoms with E-state index in [4.69, 9.17) is 15.2 Å². The van der Waals surface area contributed by atoms with Gasteiger partial charge in [-0.2, -0.15) is 0 Å². The van der Waals surface area contributed by atoms with Crippen molar-refractivity contribution < 1.29 is 23.5 Å². The third-order valence-electron chi connectivity index (χ3n) is 5.22. The molecule has 4 atom stereocenters. The molecule has 3 N–H and O–H groups in total. The Morgan fingerprint density at radius 2 is 2.23 bits per heavy atom. The Labute approximate surface area is 148 Å². The molecular formula is C18H18FN3O4. The Morgan fingerprint density at radius 3 is 2.88 bits per heavy atom. The molecule has 136 valence electrons. The van der Waals surface area contributed by atoms with Crippen molar-refractivity contribution in [2.75, 3.05) is 20.4 Å². The zero-order chi connectivity index (χ0) is 18.4. The van der Waals surface area contributed by atoms with Crippen molar-refractivity contribution in [2.24, 2.45) is 23.5 Å². The van der Waals surface area contributed by atoms with E-state index in [1.807, 2.05) is 0 Å². The van der Waals surface area contributed by atoms with Crippen molar-refractivity contribution in [3.8, 4) is 11.6 Å². The second-order valence-corrected chi connectivity index (χ2v) is 6.60. The van der Waals surface area contributed by atoms with Crippen LogP contribution in [-0.4, -0.2) is 43.2 Å². The Kier molecular flexibility index (Phi) is 3.90. The van der Waals surface area contributed by atoms with Crippen LogP contribution in [0.3, 0.4) is 0 Å². The van der Waals surface area contributed by atoms with E-state index in [9.17, 15) is 14.0 Å². The average Bonchev–Trinajstić information content (AvgIpc) is 3.29. The van der Waals surface area contributed by atoms with Crippen LogP contribution in [0, 0.1) is 17.8 Å². The van der Waals surface area contributed by atoms with Crippen molar-refractivity contribution in [3.05, 3.63) is 30.0 Å². The smallest absolute Gasteiger partial charge is 0.252 e. The number of aromatic nitrogens is 1. The lowest BCUT2D eigenvalue weighted by Crippen LogP contribution is -2.37. The molecule has 2 unspecified atom stereocenters. The largest absolute Gasteiger partial charge is 0.496 e. The summed E-state index contributed by atoms with van der Waals surface area (Å²) in [4.78, 5) is 27.6. The number of benzene rings is 1. The predicted octanol–water partition coefficient (Wildman–Crippen LogP) is 1.05. The number of halogens is 1. The van der Waals surface area contributed by atoms with E-state index < -0.39 is 12.6 Å². The molecule has 2 heterocycles. The molecule has 7 nitrogen and oxygen atoms in total. The maximum atomic E-state index is 12.9. The van der Waals surface area contributed by atoms with E-state index in [-0.39, 0.29) is 41.9 Å². The number of methoxy groups -OCH3 is 1. The van der Waals surface area contributed by atoms with E-state index in [2.05, 4.69) is 10.3 Å². The van der Waals surface area contributed by atoms with Gasteiger partial charge in [0.15, 0.2) is 0 Å². The van der Waals surface area contributed by atoms with Crippen LogP contribution in [0.15, 0.2) is 24.4 Å². The summed E-state index contributed by atoms with van der Waals surface area (Å²) in [5, 5.41) is 4.23. The van der Waals surface area contributed by atoms with E-state index in [0.717, 1.165) is 5.39 Å². The van der Waals surface area contributed by atoms with Gasteiger partial charge in [0.05, 0.1) is 25.4 Å². The molecule has 0 bridgehead atoms. The quantitative estimate of drug-likeness (QED) is 0.802. The molecule has 2 aliphatic rings. The number of nitrogens with one attached hydrogen (secondary N) is 1. The molecule has 2 aromatic rings. The number of amides is 2. The monoisotopic (exact) mass is 359 g/mol. The molecule has 1 aromatic heterocycles. The van der Waals surface area contributed by atoms with Gasteiger partial charge in [-0.15, -0.1) is 0 Å². The molecule has 0 spiro atoms. The van der Waals surface area contributed by atoms with Gasteiger partial charge in [-0.1, -0.05) is 0 Å². The highest BCUT2D eigenvalue weighted by atomic mass is 19.1. The highest BCUT2D eigenvalue weighted by molar-refractivity contribution is 6.01. The van der Waals surface area contributed by atoms with Gasteiger partial charge < -0.3 is 20.5 Å². The molecule has 1 aliphatic heterocycles. The molecular weight excluding hydrogens is 341 g/mol. The number of pyridine rings is 1. The number of rotatable bonds is 6. The van der Waals surface area contributed by atoms with E-state index in [1.54, 1.807) is 24.4 Å². The summed E-state index contributed by atoms with van der Waals surface area (Å²) >= 11 is 0. The third kappa shape index (κ3) is 2.53. The summed E-state index contributed by atoms with van der Waals surface area (Å²) in [6.07, 6.45) is 1.56. The number of hydrogen-bond acceptors (Lipinski definition) is 5. The summed E-state index contributed by atoms with van der Waals surface area (Å²) in [6.45, 7) is -0.283. The summed E-state index contributed by atoms with van der Waals surface area (Å²) in [7, 11) is 1.45. The number of hydrogen-bond donors (Lipinski definition) is 2. The van der Waals surface area contributed by atoms with Crippen LogP contribution in [0.1, 0.15) is 10.4 Å². The summed E-state index contributed by atoms with van der Waals surface area (Å²) in [5.74, 6) is -0.454. The van der Waals surface area contributed by atoms with Crippen molar-refractivity contribution >= 4 is 22.6 Å². The number of fused-ring (bicyclic) bond motifs is 2. The normalized spacial score (nSPS) is 26.3. The SMILES string of the molecule is COc1cc2c(OC[C@H]3NC(=O)[C@@H]4C(CF)C43)nccc2cc1C(N)=O. The Bertz CT molecular complexity index is 903. The zero-order valence-corrected chi connectivity index (χ0v) is 14.1. The minimum Gasteiger partial charge on any atom is -0.496 e. The molecule has 2 fully saturated rings. The Hall–Kier alpha value is -2.90. The lowest BCUT2D eigenvalue weighted by atomic mass is 10.1. The van der Waals surface area contributed by atoms with Crippen LogP contribution in [0.2, 0.25) is 0 Å². The van der Waals surface area contributed by atoms with E-state index >= 15 is 0 Å². The molecule has 2 amide bonds. The van der Waals surface area contributed by atoms with Crippen LogP contribution < -0.4 is 20.5 Å². The maximum Gasteiger partial charge on any atom is 0.252 e. The van der Waals surface area contributed by atoms with Crippen LogP contribution in [0.4, 0.5) is 4.39 Å². The van der Waals surface area contributed by atoms with Gasteiger partial charge in [-0.3, -0.25) is 14.0 Å². The first kappa shape index (κ1) is 16.6. The molecule has 1 aromatic carbocycles. The van der Waals surface area contributed by atoms with Gasteiger partial charge in [0.2, 0.25) is 11.8 Å². The van der Waals surface area contributed by atoms with Crippen LogP contribution >= 0.6 is 0 Å². The van der Waals surface area contributed by atoms with Gasteiger partial charge >= 0.3 is 0 Å². The van der Waals surface area contributed by atoms with Crippen molar-refractivity contribution in [2.45, 2.75) is 6.04 Å². The minimum atomic E-state index is -0.589. The maximum absolute atomic E-state index is 12.9. The van der Waals surface area contributed by atoms with Crippen LogP contribution in [-0.2, 0) is 4.79 Å². The lowest BCUT2D eigenvalue weighted by Gasteiger charge is -2.17. The molecule has 1 aliphatic carbocycles. The number of carbonyl (C=O) groups is 2. The van der Waals surface area contributed by atoms with Gasteiger partial charge in [0.1, 0.15) is 12.4 Å². The van der Waals surface area contributed by atoms with E-state index in [0.29, 0.717) is 17.0 Å². The van der Waals surface area contributed by atoms with Gasteiger partial charge in [-0.05, 0) is 23.6 Å². The van der Waals surface area contributed by atoms with Gasteiger partial charge in [0.25, 0.3) is 5.91 Å². The Balaban J connectivity index is 1.59. The summed E-state index contributed by atoms with van der Waals surface area (Å²) in [6, 6.07) is 4.78. The van der Waals surface area contributed by atoms with Crippen LogP contribution in [0.25, 0.3) is 10.8 Å². The topological polar surface area (TPSA) is 104 Å². The van der Waals surface area contributed by atoms with E-state index in [1.165, 1.54) is 7.11 Å². The number of primary amides is 1. The molecule has 8 heteroatoms. The van der Waals surface area contributed by atoms with Crippen molar-refractivity contribution in [3.63, 3.8) is 0 Å². The first-order chi connectivity index (χ1) is 12.5. The fourth-order valence-corrected chi connectivity index (χ4v) is 3.86. The highest BCUT2D eigenvalue weighted by Gasteiger charge is 2.63. The average molecular weight is 359 g/mol. The molecule has 1 saturated carbocycles. The molecule has 0 radical (unpaired) electrons. The van der Waals surface area contributed by atoms with Crippen LogP contribution in [0.5, 0.6) is 11.6 Å². The molecule has 1 saturated heterocycles. The number of ether oxygens (including phenoxy) is 2. The minimum absolute atomic E-state index is 0.0153. The third-order valence-corrected chi connectivity index (χ3v) is 5.22. The predicted molar refractivity (Wildman–Crippen MR) is 90.7 cm³/mol.